The summed E-state index contributed by atoms with van der Waals surface area (Å²) in [4.78, 5) is 0. The van der Waals surface area contributed by atoms with Crippen molar-refractivity contribution in [3.8, 4) is 0 Å². The summed E-state index contributed by atoms with van der Waals surface area (Å²) in [7, 11) is 0. The van der Waals surface area contributed by atoms with Crippen molar-refractivity contribution < 1.29 is 4.74 Å². The zero-order valence-corrected chi connectivity index (χ0v) is 15.3. The molecule has 1 aromatic carbocycles. The monoisotopic (exact) mass is 355 g/mol. The van der Waals surface area contributed by atoms with Gasteiger partial charge in [0.1, 0.15) is 0 Å². The number of nitrogens with one attached hydrogen (secondary N) is 1. The normalized spacial score (nSPS) is 11.3. The van der Waals surface area contributed by atoms with E-state index in [1.165, 1.54) is 43.2 Å². The largest absolute Gasteiger partial charge is 0.377 e. The zero-order valence-electron chi connectivity index (χ0n) is 13.8. The fourth-order valence-electron chi connectivity index (χ4n) is 2.13. The Morgan fingerprint density at radius 2 is 1.90 bits per heavy atom. The first-order chi connectivity index (χ1) is 10.1. The summed E-state index contributed by atoms with van der Waals surface area (Å²) in [6, 6.07) is 7.05. The molecule has 0 spiro atoms. The van der Waals surface area contributed by atoms with Gasteiger partial charge in [-0.2, -0.15) is 0 Å². The quantitative estimate of drug-likeness (QED) is 0.534. The third kappa shape index (κ3) is 8.60. The summed E-state index contributed by atoms with van der Waals surface area (Å²) in [6.07, 6.45) is 6.44. The van der Waals surface area contributed by atoms with Crippen LogP contribution in [0.4, 0.5) is 0 Å². The third-order valence-electron chi connectivity index (χ3n) is 3.48. The molecule has 0 saturated carbocycles. The highest BCUT2D eigenvalue weighted by atomic mass is 79.9. The van der Waals surface area contributed by atoms with Gasteiger partial charge < -0.3 is 10.1 Å². The summed E-state index contributed by atoms with van der Waals surface area (Å²) >= 11 is 3.65. The van der Waals surface area contributed by atoms with Gasteiger partial charge in [-0.25, -0.2) is 0 Å². The number of hydrogen-bond acceptors (Lipinski definition) is 2. The van der Waals surface area contributed by atoms with E-state index in [9.17, 15) is 0 Å². The average Bonchev–Trinajstić information content (AvgIpc) is 2.46. The SMILES string of the molecule is CCCCCCCOCc1ccc(CNC(C)C)cc1Br. The molecule has 0 aliphatic rings. The highest BCUT2D eigenvalue weighted by molar-refractivity contribution is 9.10. The highest BCUT2D eigenvalue weighted by Crippen LogP contribution is 2.20. The van der Waals surface area contributed by atoms with Gasteiger partial charge in [0.15, 0.2) is 0 Å². The number of ether oxygens (including phenoxy) is 1. The topological polar surface area (TPSA) is 21.3 Å². The molecule has 2 nitrogen and oxygen atoms in total. The predicted molar refractivity (Wildman–Crippen MR) is 94.5 cm³/mol. The van der Waals surface area contributed by atoms with E-state index < -0.39 is 0 Å². The highest BCUT2D eigenvalue weighted by Gasteiger charge is 2.03. The molecule has 1 N–H and O–H groups in total. The van der Waals surface area contributed by atoms with Crippen molar-refractivity contribution in [2.45, 2.75) is 72.1 Å². The standard InChI is InChI=1S/C18H30BrNO/c1-4-5-6-7-8-11-21-14-17-10-9-16(12-18(17)19)13-20-15(2)3/h9-10,12,15,20H,4-8,11,13-14H2,1-3H3. The lowest BCUT2D eigenvalue weighted by atomic mass is 10.1. The molecule has 120 valence electrons. The second-order valence-electron chi connectivity index (χ2n) is 5.93. The predicted octanol–water partition coefficient (Wildman–Crippen LogP) is 5.43. The molecule has 1 rings (SSSR count). The number of unbranched alkanes of at least 4 members (excludes halogenated alkanes) is 4. The van der Waals surface area contributed by atoms with Crippen LogP contribution in [0.15, 0.2) is 22.7 Å². The Bertz CT molecular complexity index is 393. The van der Waals surface area contributed by atoms with Gasteiger partial charge in [-0.05, 0) is 23.6 Å². The number of rotatable bonds is 11. The smallest absolute Gasteiger partial charge is 0.0727 e. The fourth-order valence-corrected chi connectivity index (χ4v) is 2.67. The molecule has 0 heterocycles. The molecule has 3 heteroatoms. The van der Waals surface area contributed by atoms with E-state index in [0.717, 1.165) is 17.6 Å². The van der Waals surface area contributed by atoms with Gasteiger partial charge in [0.05, 0.1) is 6.61 Å². The van der Waals surface area contributed by atoms with Gasteiger partial charge in [-0.3, -0.25) is 0 Å². The Balaban J connectivity index is 2.26. The van der Waals surface area contributed by atoms with E-state index in [-0.39, 0.29) is 0 Å². The van der Waals surface area contributed by atoms with E-state index in [2.05, 4.69) is 60.2 Å². The van der Waals surface area contributed by atoms with Crippen LogP contribution in [0.3, 0.4) is 0 Å². The van der Waals surface area contributed by atoms with E-state index >= 15 is 0 Å². The van der Waals surface area contributed by atoms with Crippen LogP contribution in [0.5, 0.6) is 0 Å². The second-order valence-corrected chi connectivity index (χ2v) is 6.78. The van der Waals surface area contributed by atoms with Crippen molar-refractivity contribution >= 4 is 15.9 Å². The maximum atomic E-state index is 5.77. The molecule has 0 atom stereocenters. The molecule has 0 saturated heterocycles. The third-order valence-corrected chi connectivity index (χ3v) is 4.22. The van der Waals surface area contributed by atoms with Crippen LogP contribution in [0.1, 0.15) is 64.0 Å². The minimum atomic E-state index is 0.513. The molecule has 0 fully saturated rings. The Morgan fingerprint density at radius 3 is 2.57 bits per heavy atom. The summed E-state index contributed by atoms with van der Waals surface area (Å²) in [5.41, 5.74) is 2.54. The van der Waals surface area contributed by atoms with E-state index in [1.54, 1.807) is 0 Å². The van der Waals surface area contributed by atoms with Gasteiger partial charge >= 0.3 is 0 Å². The molecule has 0 unspecified atom stereocenters. The van der Waals surface area contributed by atoms with Crippen LogP contribution in [-0.4, -0.2) is 12.6 Å². The molecule has 21 heavy (non-hydrogen) atoms. The van der Waals surface area contributed by atoms with Gasteiger partial charge in [0.25, 0.3) is 0 Å². The van der Waals surface area contributed by atoms with Crippen molar-refractivity contribution in [2.75, 3.05) is 6.61 Å². The first-order valence-electron chi connectivity index (χ1n) is 8.22. The van der Waals surface area contributed by atoms with Gasteiger partial charge in [0, 0.05) is 23.7 Å². The van der Waals surface area contributed by atoms with Crippen LogP contribution in [-0.2, 0) is 17.9 Å². The number of hydrogen-bond donors (Lipinski definition) is 1. The maximum Gasteiger partial charge on any atom is 0.0727 e. The van der Waals surface area contributed by atoms with Crippen LogP contribution < -0.4 is 5.32 Å². The summed E-state index contributed by atoms with van der Waals surface area (Å²) in [5, 5.41) is 3.43. The first kappa shape index (κ1) is 18.7. The van der Waals surface area contributed by atoms with Crippen LogP contribution in [0.25, 0.3) is 0 Å². The van der Waals surface area contributed by atoms with Crippen LogP contribution in [0, 0.1) is 0 Å². The maximum absolute atomic E-state index is 5.77. The Labute approximate surface area is 138 Å². The number of benzene rings is 1. The Morgan fingerprint density at radius 1 is 1.14 bits per heavy atom. The fraction of sp³-hybridized carbons (Fsp3) is 0.667. The Hall–Kier alpha value is -0.380. The lowest BCUT2D eigenvalue weighted by Crippen LogP contribution is -2.21. The first-order valence-corrected chi connectivity index (χ1v) is 9.01. The molecular formula is C18H30BrNO. The zero-order chi connectivity index (χ0) is 15.5. The van der Waals surface area contributed by atoms with Crippen molar-refractivity contribution in [2.24, 2.45) is 0 Å². The van der Waals surface area contributed by atoms with Crippen molar-refractivity contribution in [1.29, 1.82) is 0 Å². The summed E-state index contributed by atoms with van der Waals surface area (Å²) in [6.45, 7) is 9.05. The van der Waals surface area contributed by atoms with Gasteiger partial charge in [-0.15, -0.1) is 0 Å². The molecule has 0 aromatic heterocycles. The minimum Gasteiger partial charge on any atom is -0.377 e. The van der Waals surface area contributed by atoms with Crippen LogP contribution in [0.2, 0.25) is 0 Å². The molecule has 1 aromatic rings. The molecule has 0 amide bonds. The van der Waals surface area contributed by atoms with E-state index in [0.29, 0.717) is 12.6 Å². The Kier molecular flexibility index (Phi) is 9.98. The van der Waals surface area contributed by atoms with Crippen molar-refractivity contribution in [1.82, 2.24) is 5.32 Å². The molecule has 0 aliphatic heterocycles. The lowest BCUT2D eigenvalue weighted by molar-refractivity contribution is 0.116. The minimum absolute atomic E-state index is 0.513. The van der Waals surface area contributed by atoms with E-state index in [1.807, 2.05) is 0 Å². The van der Waals surface area contributed by atoms with Gasteiger partial charge in [-0.1, -0.05) is 74.5 Å². The second kappa shape index (κ2) is 11.2. The van der Waals surface area contributed by atoms with Crippen LogP contribution >= 0.6 is 15.9 Å². The summed E-state index contributed by atoms with van der Waals surface area (Å²) in [5.74, 6) is 0. The van der Waals surface area contributed by atoms with Crippen molar-refractivity contribution in [3.05, 3.63) is 33.8 Å². The molecular weight excluding hydrogens is 326 g/mol. The molecule has 0 aliphatic carbocycles. The average molecular weight is 356 g/mol. The molecule has 0 radical (unpaired) electrons. The van der Waals surface area contributed by atoms with Crippen molar-refractivity contribution in [3.63, 3.8) is 0 Å². The van der Waals surface area contributed by atoms with Gasteiger partial charge in [0.2, 0.25) is 0 Å². The number of halogens is 1. The lowest BCUT2D eigenvalue weighted by Gasteiger charge is -2.11. The van der Waals surface area contributed by atoms with E-state index in [4.69, 9.17) is 4.74 Å². The molecule has 0 bridgehead atoms. The summed E-state index contributed by atoms with van der Waals surface area (Å²) < 4.78 is 6.92.